The van der Waals surface area contributed by atoms with Crippen LogP contribution in [0.25, 0.3) is 0 Å². The van der Waals surface area contributed by atoms with Crippen molar-refractivity contribution in [1.29, 1.82) is 0 Å². The van der Waals surface area contributed by atoms with Crippen LogP contribution in [0.5, 0.6) is 5.75 Å². The topological polar surface area (TPSA) is 38.8 Å². The molecule has 0 N–H and O–H groups in total. The number of amides is 1. The predicted octanol–water partition coefficient (Wildman–Crippen LogP) is 2.25. The highest BCUT2D eigenvalue weighted by molar-refractivity contribution is 5.93. The third-order valence-corrected chi connectivity index (χ3v) is 2.64. The average Bonchev–Trinajstić information content (AvgIpc) is 2.40. The first-order chi connectivity index (χ1) is 8.31. The Kier molecular flexibility index (Phi) is 3.98. The number of rotatable bonds is 3. The lowest BCUT2D eigenvalue weighted by atomic mass is 10.2. The molecule has 1 saturated heterocycles. The molecule has 0 spiro atoms. The molecule has 2 rings (SSSR count). The fraction of sp³-hybridized carbons (Fsp3) is 0.462. The second-order valence-corrected chi connectivity index (χ2v) is 3.90. The van der Waals surface area contributed by atoms with E-state index in [2.05, 4.69) is 0 Å². The van der Waals surface area contributed by atoms with E-state index in [0.717, 1.165) is 18.6 Å². The zero-order chi connectivity index (χ0) is 12.1. The van der Waals surface area contributed by atoms with Gasteiger partial charge in [-0.05, 0) is 44.0 Å². The lowest BCUT2D eigenvalue weighted by Gasteiger charge is -2.25. The Morgan fingerprint density at radius 3 is 2.71 bits per heavy atom. The maximum absolute atomic E-state index is 12.0. The van der Waals surface area contributed by atoms with Crippen LogP contribution in [0, 0.1) is 0 Å². The minimum Gasteiger partial charge on any atom is -0.494 e. The minimum atomic E-state index is -0.0762. The fourth-order valence-corrected chi connectivity index (χ4v) is 1.76. The molecule has 1 aliphatic heterocycles. The molecule has 4 nitrogen and oxygen atoms in total. The van der Waals surface area contributed by atoms with Gasteiger partial charge in [-0.2, -0.15) is 0 Å². The van der Waals surface area contributed by atoms with Crippen molar-refractivity contribution in [2.24, 2.45) is 0 Å². The van der Waals surface area contributed by atoms with Gasteiger partial charge < -0.3 is 4.74 Å². The Bertz CT molecular complexity index is 369. The van der Waals surface area contributed by atoms with Crippen LogP contribution in [0.1, 0.15) is 30.1 Å². The number of carbonyl (C=O) groups excluding carboxylic acids is 1. The highest BCUT2D eigenvalue weighted by atomic mass is 16.7. The smallest absolute Gasteiger partial charge is 0.277 e. The maximum Gasteiger partial charge on any atom is 0.277 e. The van der Waals surface area contributed by atoms with Crippen molar-refractivity contribution >= 4 is 5.91 Å². The summed E-state index contributed by atoms with van der Waals surface area (Å²) in [5.41, 5.74) is 0.635. The average molecular weight is 235 g/mol. The number of carbonyl (C=O) groups is 1. The Morgan fingerprint density at radius 2 is 2.12 bits per heavy atom. The summed E-state index contributed by atoms with van der Waals surface area (Å²) in [6.45, 7) is 3.86. The molecule has 17 heavy (non-hydrogen) atoms. The molecule has 4 heteroatoms. The van der Waals surface area contributed by atoms with Crippen molar-refractivity contribution in [2.75, 3.05) is 19.8 Å². The summed E-state index contributed by atoms with van der Waals surface area (Å²) in [5.74, 6) is 0.705. The van der Waals surface area contributed by atoms with Gasteiger partial charge in [0.25, 0.3) is 5.91 Å². The van der Waals surface area contributed by atoms with Crippen molar-refractivity contribution < 1.29 is 14.4 Å². The van der Waals surface area contributed by atoms with Crippen molar-refractivity contribution in [1.82, 2.24) is 5.06 Å². The van der Waals surface area contributed by atoms with E-state index in [9.17, 15) is 4.79 Å². The highest BCUT2D eigenvalue weighted by Crippen LogP contribution is 2.15. The molecule has 1 amide bonds. The van der Waals surface area contributed by atoms with Crippen LogP contribution in [-0.4, -0.2) is 30.7 Å². The Hall–Kier alpha value is -1.55. The number of ether oxygens (including phenoxy) is 1. The van der Waals surface area contributed by atoms with Gasteiger partial charge in [0, 0.05) is 12.1 Å². The van der Waals surface area contributed by atoms with E-state index in [4.69, 9.17) is 9.57 Å². The largest absolute Gasteiger partial charge is 0.494 e. The number of hydrogen-bond acceptors (Lipinski definition) is 3. The second-order valence-electron chi connectivity index (χ2n) is 3.90. The van der Waals surface area contributed by atoms with Gasteiger partial charge in [0.2, 0.25) is 0 Å². The van der Waals surface area contributed by atoms with Crippen molar-refractivity contribution in [2.45, 2.75) is 19.8 Å². The van der Waals surface area contributed by atoms with Crippen LogP contribution in [0.4, 0.5) is 0 Å². The van der Waals surface area contributed by atoms with Gasteiger partial charge in [0.1, 0.15) is 5.75 Å². The first-order valence-corrected chi connectivity index (χ1v) is 5.99. The van der Waals surface area contributed by atoms with Crippen LogP contribution < -0.4 is 4.74 Å². The van der Waals surface area contributed by atoms with E-state index in [1.165, 1.54) is 5.06 Å². The van der Waals surface area contributed by atoms with E-state index in [1.54, 1.807) is 24.3 Å². The van der Waals surface area contributed by atoms with Crippen LogP contribution in [-0.2, 0) is 4.84 Å². The summed E-state index contributed by atoms with van der Waals surface area (Å²) < 4.78 is 5.33. The first kappa shape index (κ1) is 11.9. The molecule has 0 saturated carbocycles. The molecule has 0 atom stereocenters. The summed E-state index contributed by atoms with van der Waals surface area (Å²) in [7, 11) is 0. The van der Waals surface area contributed by atoms with E-state index in [0.29, 0.717) is 25.3 Å². The van der Waals surface area contributed by atoms with E-state index in [-0.39, 0.29) is 5.91 Å². The summed E-state index contributed by atoms with van der Waals surface area (Å²) in [6, 6.07) is 7.15. The molecular formula is C13H17NO3. The minimum absolute atomic E-state index is 0.0762. The highest BCUT2D eigenvalue weighted by Gasteiger charge is 2.19. The van der Waals surface area contributed by atoms with Crippen LogP contribution in [0.3, 0.4) is 0 Å². The number of nitrogens with zero attached hydrogens (tertiary/aromatic N) is 1. The fourth-order valence-electron chi connectivity index (χ4n) is 1.76. The van der Waals surface area contributed by atoms with Crippen LogP contribution in [0.15, 0.2) is 24.3 Å². The van der Waals surface area contributed by atoms with Crippen molar-refractivity contribution in [3.8, 4) is 5.75 Å². The third-order valence-electron chi connectivity index (χ3n) is 2.64. The summed E-state index contributed by atoms with van der Waals surface area (Å²) >= 11 is 0. The molecule has 92 valence electrons. The molecule has 1 heterocycles. The molecule has 0 radical (unpaired) electrons. The Morgan fingerprint density at radius 1 is 1.35 bits per heavy atom. The predicted molar refractivity (Wildman–Crippen MR) is 63.8 cm³/mol. The third kappa shape index (κ3) is 2.97. The lowest BCUT2D eigenvalue weighted by molar-refractivity contribution is -0.144. The zero-order valence-electron chi connectivity index (χ0n) is 10.0. The van der Waals surface area contributed by atoms with E-state index < -0.39 is 0 Å². The van der Waals surface area contributed by atoms with Gasteiger partial charge in [0.15, 0.2) is 0 Å². The number of hydroxylamine groups is 2. The first-order valence-electron chi connectivity index (χ1n) is 5.99. The normalized spacial score (nSPS) is 15.7. The molecule has 1 aromatic carbocycles. The number of hydrogen-bond donors (Lipinski definition) is 0. The Balaban J connectivity index is 2.03. The van der Waals surface area contributed by atoms with E-state index in [1.807, 2.05) is 6.92 Å². The lowest BCUT2D eigenvalue weighted by Crippen LogP contribution is -2.35. The van der Waals surface area contributed by atoms with Crippen LogP contribution >= 0.6 is 0 Å². The monoisotopic (exact) mass is 235 g/mol. The molecule has 0 aliphatic carbocycles. The summed E-state index contributed by atoms with van der Waals surface area (Å²) in [5, 5.41) is 1.44. The maximum atomic E-state index is 12.0. The van der Waals surface area contributed by atoms with Gasteiger partial charge in [-0.1, -0.05) is 0 Å². The SMILES string of the molecule is CCOc1ccc(C(=O)N2CCCCO2)cc1. The molecular weight excluding hydrogens is 218 g/mol. The molecule has 0 unspecified atom stereocenters. The van der Waals surface area contributed by atoms with Gasteiger partial charge >= 0.3 is 0 Å². The zero-order valence-corrected chi connectivity index (χ0v) is 10.0. The summed E-state index contributed by atoms with van der Waals surface area (Å²) in [6.07, 6.45) is 2.02. The Labute approximate surface area is 101 Å². The molecule has 0 bridgehead atoms. The molecule has 0 aromatic heterocycles. The molecule has 1 aromatic rings. The van der Waals surface area contributed by atoms with Gasteiger partial charge in [-0.25, -0.2) is 5.06 Å². The second kappa shape index (κ2) is 5.68. The van der Waals surface area contributed by atoms with Crippen molar-refractivity contribution in [3.05, 3.63) is 29.8 Å². The van der Waals surface area contributed by atoms with E-state index >= 15 is 0 Å². The van der Waals surface area contributed by atoms with Crippen molar-refractivity contribution in [3.63, 3.8) is 0 Å². The summed E-state index contributed by atoms with van der Waals surface area (Å²) in [4.78, 5) is 17.4. The molecule has 1 aliphatic rings. The quantitative estimate of drug-likeness (QED) is 0.806. The molecule has 1 fully saturated rings. The van der Waals surface area contributed by atoms with Gasteiger partial charge in [-0.3, -0.25) is 9.63 Å². The standard InChI is InChI=1S/C13H17NO3/c1-2-16-12-7-5-11(6-8-12)13(15)14-9-3-4-10-17-14/h5-8H,2-4,9-10H2,1H3. The van der Waals surface area contributed by atoms with Gasteiger partial charge in [0.05, 0.1) is 13.2 Å². The van der Waals surface area contributed by atoms with Crippen LogP contribution in [0.2, 0.25) is 0 Å². The number of benzene rings is 1. The van der Waals surface area contributed by atoms with Gasteiger partial charge in [-0.15, -0.1) is 0 Å².